The molecule has 1 aliphatic rings. The van der Waals surface area contributed by atoms with Gasteiger partial charge >= 0.3 is 0 Å². The minimum Gasteiger partial charge on any atom is -0.491 e. The standard InChI is InChI=1S/C17H22BrN3O/c1-11(2)10-22-15-6-4-5-12(3)16(15)21-17(18)13-9-19-8-7-14(13)20-21/h4-6,11,19H,7-10H2,1-3H3. The van der Waals surface area contributed by atoms with Gasteiger partial charge in [-0.1, -0.05) is 26.0 Å². The maximum absolute atomic E-state index is 6.02. The molecule has 4 nitrogen and oxygen atoms in total. The number of aromatic nitrogens is 2. The summed E-state index contributed by atoms with van der Waals surface area (Å²) in [5.41, 5.74) is 4.62. The molecule has 0 spiro atoms. The van der Waals surface area contributed by atoms with Gasteiger partial charge in [0.15, 0.2) is 0 Å². The van der Waals surface area contributed by atoms with E-state index < -0.39 is 0 Å². The van der Waals surface area contributed by atoms with E-state index in [1.807, 2.05) is 16.8 Å². The summed E-state index contributed by atoms with van der Waals surface area (Å²) in [4.78, 5) is 0. The number of benzene rings is 1. The van der Waals surface area contributed by atoms with Crippen LogP contribution >= 0.6 is 15.9 Å². The molecule has 0 amide bonds. The van der Waals surface area contributed by atoms with Crippen LogP contribution in [0.4, 0.5) is 0 Å². The van der Waals surface area contributed by atoms with E-state index in [1.54, 1.807) is 0 Å². The van der Waals surface area contributed by atoms with Crippen molar-refractivity contribution in [2.24, 2.45) is 5.92 Å². The molecular weight excluding hydrogens is 342 g/mol. The summed E-state index contributed by atoms with van der Waals surface area (Å²) < 4.78 is 9.04. The second-order valence-corrected chi connectivity index (χ2v) is 6.93. The van der Waals surface area contributed by atoms with Crippen LogP contribution in [0.2, 0.25) is 0 Å². The number of para-hydroxylation sites is 1. The summed E-state index contributed by atoms with van der Waals surface area (Å²) in [7, 11) is 0. The van der Waals surface area contributed by atoms with Crippen molar-refractivity contribution in [3.05, 3.63) is 39.6 Å². The van der Waals surface area contributed by atoms with Crippen molar-refractivity contribution in [1.82, 2.24) is 15.1 Å². The Morgan fingerprint density at radius 1 is 1.41 bits per heavy atom. The number of nitrogens with one attached hydrogen (secondary N) is 1. The van der Waals surface area contributed by atoms with Gasteiger partial charge in [-0.25, -0.2) is 4.68 Å². The first-order valence-corrected chi connectivity index (χ1v) is 8.57. The molecule has 1 aromatic heterocycles. The second kappa shape index (κ2) is 6.42. The molecule has 1 aliphatic heterocycles. The van der Waals surface area contributed by atoms with E-state index in [2.05, 4.69) is 48.1 Å². The molecule has 0 fully saturated rings. The fourth-order valence-electron chi connectivity index (χ4n) is 2.69. The van der Waals surface area contributed by atoms with E-state index in [0.29, 0.717) is 12.5 Å². The minimum absolute atomic E-state index is 0.492. The van der Waals surface area contributed by atoms with Gasteiger partial charge in [-0.05, 0) is 40.4 Å². The monoisotopic (exact) mass is 363 g/mol. The smallest absolute Gasteiger partial charge is 0.145 e. The zero-order valence-electron chi connectivity index (χ0n) is 13.3. The molecule has 0 radical (unpaired) electrons. The molecule has 2 aromatic rings. The number of nitrogens with zero attached hydrogens (tertiary/aromatic N) is 2. The first-order valence-electron chi connectivity index (χ1n) is 7.77. The van der Waals surface area contributed by atoms with Gasteiger partial charge in [0.05, 0.1) is 12.3 Å². The molecule has 1 aromatic carbocycles. The minimum atomic E-state index is 0.492. The fraction of sp³-hybridized carbons (Fsp3) is 0.471. The van der Waals surface area contributed by atoms with Gasteiger partial charge in [-0.15, -0.1) is 0 Å². The first kappa shape index (κ1) is 15.6. The van der Waals surface area contributed by atoms with Crippen LogP contribution in [-0.4, -0.2) is 22.9 Å². The number of ether oxygens (including phenoxy) is 1. The molecule has 1 N–H and O–H groups in total. The Morgan fingerprint density at radius 2 is 2.23 bits per heavy atom. The summed E-state index contributed by atoms with van der Waals surface area (Å²) in [6.07, 6.45) is 0.967. The van der Waals surface area contributed by atoms with Crippen molar-refractivity contribution >= 4 is 15.9 Å². The number of aryl methyl sites for hydroxylation is 1. The van der Waals surface area contributed by atoms with E-state index >= 15 is 0 Å². The molecule has 2 heterocycles. The van der Waals surface area contributed by atoms with Crippen molar-refractivity contribution in [3.63, 3.8) is 0 Å². The van der Waals surface area contributed by atoms with Crippen LogP contribution in [0.1, 0.15) is 30.7 Å². The zero-order valence-corrected chi connectivity index (χ0v) is 14.9. The zero-order chi connectivity index (χ0) is 15.7. The summed E-state index contributed by atoms with van der Waals surface area (Å²) in [6, 6.07) is 6.16. The fourth-order valence-corrected chi connectivity index (χ4v) is 3.32. The lowest BCUT2D eigenvalue weighted by molar-refractivity contribution is 0.269. The Morgan fingerprint density at radius 3 is 2.95 bits per heavy atom. The summed E-state index contributed by atoms with van der Waals surface area (Å²) >= 11 is 3.73. The number of hydrogen-bond acceptors (Lipinski definition) is 3. The predicted octanol–water partition coefficient (Wildman–Crippen LogP) is 3.62. The van der Waals surface area contributed by atoms with E-state index in [-0.39, 0.29) is 0 Å². The average Bonchev–Trinajstić information content (AvgIpc) is 2.82. The molecule has 0 unspecified atom stereocenters. The SMILES string of the molecule is Cc1cccc(OCC(C)C)c1-n1nc2c(c1Br)CNCC2. The van der Waals surface area contributed by atoms with E-state index in [4.69, 9.17) is 9.84 Å². The molecule has 3 rings (SSSR count). The second-order valence-electron chi connectivity index (χ2n) is 6.18. The molecule has 0 aliphatic carbocycles. The third-order valence-electron chi connectivity index (χ3n) is 3.83. The van der Waals surface area contributed by atoms with Crippen molar-refractivity contribution in [2.45, 2.75) is 33.7 Å². The molecule has 5 heteroatoms. The lowest BCUT2D eigenvalue weighted by Gasteiger charge is -2.16. The van der Waals surface area contributed by atoms with Crippen LogP contribution in [0.5, 0.6) is 5.75 Å². The highest BCUT2D eigenvalue weighted by Gasteiger charge is 2.22. The van der Waals surface area contributed by atoms with Gasteiger partial charge in [0.25, 0.3) is 0 Å². The molecule has 22 heavy (non-hydrogen) atoms. The van der Waals surface area contributed by atoms with Crippen molar-refractivity contribution in [2.75, 3.05) is 13.2 Å². The van der Waals surface area contributed by atoms with Gasteiger partial charge in [-0.3, -0.25) is 0 Å². The first-order chi connectivity index (χ1) is 10.6. The van der Waals surface area contributed by atoms with Crippen molar-refractivity contribution in [3.8, 4) is 11.4 Å². The van der Waals surface area contributed by atoms with E-state index in [0.717, 1.165) is 41.1 Å². The highest BCUT2D eigenvalue weighted by Crippen LogP contribution is 2.33. The largest absolute Gasteiger partial charge is 0.491 e. The van der Waals surface area contributed by atoms with Gasteiger partial charge in [0.1, 0.15) is 16.0 Å². The Balaban J connectivity index is 2.06. The highest BCUT2D eigenvalue weighted by molar-refractivity contribution is 9.10. The number of hydrogen-bond donors (Lipinski definition) is 1. The normalized spacial score (nSPS) is 14.2. The lowest BCUT2D eigenvalue weighted by atomic mass is 10.1. The van der Waals surface area contributed by atoms with Gasteiger partial charge in [-0.2, -0.15) is 5.10 Å². The highest BCUT2D eigenvalue weighted by atomic mass is 79.9. The quantitative estimate of drug-likeness (QED) is 0.901. The topological polar surface area (TPSA) is 39.1 Å². The molecular formula is C17H22BrN3O. The van der Waals surface area contributed by atoms with Crippen LogP contribution in [0, 0.1) is 12.8 Å². The molecule has 0 atom stereocenters. The van der Waals surface area contributed by atoms with Crippen LogP contribution in [0.3, 0.4) is 0 Å². The summed E-state index contributed by atoms with van der Waals surface area (Å²) in [5, 5.41) is 8.22. The van der Waals surface area contributed by atoms with Crippen LogP contribution in [-0.2, 0) is 13.0 Å². The molecule has 0 bridgehead atoms. The Kier molecular flexibility index (Phi) is 4.54. The maximum Gasteiger partial charge on any atom is 0.145 e. The number of halogens is 1. The summed E-state index contributed by atoms with van der Waals surface area (Å²) in [5.74, 6) is 1.38. The van der Waals surface area contributed by atoms with Crippen LogP contribution in [0.15, 0.2) is 22.8 Å². The maximum atomic E-state index is 6.02. The third kappa shape index (κ3) is 2.92. The van der Waals surface area contributed by atoms with Gasteiger partial charge in [0, 0.05) is 25.1 Å². The molecule has 0 saturated heterocycles. The average molecular weight is 364 g/mol. The number of rotatable bonds is 4. The Bertz CT molecular complexity index is 679. The molecule has 0 saturated carbocycles. The van der Waals surface area contributed by atoms with Crippen LogP contribution in [0.25, 0.3) is 5.69 Å². The van der Waals surface area contributed by atoms with Crippen LogP contribution < -0.4 is 10.1 Å². The van der Waals surface area contributed by atoms with Crippen molar-refractivity contribution in [1.29, 1.82) is 0 Å². The van der Waals surface area contributed by atoms with Crippen molar-refractivity contribution < 1.29 is 4.74 Å². The molecule has 118 valence electrons. The van der Waals surface area contributed by atoms with Gasteiger partial charge < -0.3 is 10.1 Å². The van der Waals surface area contributed by atoms with E-state index in [9.17, 15) is 0 Å². The number of fused-ring (bicyclic) bond motifs is 1. The third-order valence-corrected chi connectivity index (χ3v) is 4.64. The van der Waals surface area contributed by atoms with E-state index in [1.165, 1.54) is 11.3 Å². The lowest BCUT2D eigenvalue weighted by Crippen LogP contribution is -2.23. The Hall–Kier alpha value is -1.33. The summed E-state index contributed by atoms with van der Waals surface area (Å²) in [6.45, 7) is 8.97. The Labute approximate surface area is 140 Å². The predicted molar refractivity (Wildman–Crippen MR) is 91.7 cm³/mol. The van der Waals surface area contributed by atoms with Gasteiger partial charge in [0.2, 0.25) is 0 Å².